The summed E-state index contributed by atoms with van der Waals surface area (Å²) in [5.41, 5.74) is 6.60. The number of aromatic nitrogens is 2. The van der Waals surface area contributed by atoms with Crippen LogP contribution in [0.5, 0.6) is 0 Å². The zero-order valence-electron chi connectivity index (χ0n) is 9.60. The second kappa shape index (κ2) is 6.24. The maximum absolute atomic E-state index is 9.13. The minimum absolute atomic E-state index is 0.0269. The molecule has 0 aromatic carbocycles. The summed E-state index contributed by atoms with van der Waals surface area (Å²) >= 11 is 0. The second-order valence-corrected chi connectivity index (χ2v) is 3.42. The predicted octanol–water partition coefficient (Wildman–Crippen LogP) is 0.0404. The van der Waals surface area contributed by atoms with E-state index in [1.807, 2.05) is 6.92 Å². The van der Waals surface area contributed by atoms with Gasteiger partial charge in [0.25, 0.3) is 0 Å². The average Bonchev–Trinajstić information content (AvgIpc) is 2.28. The molecule has 1 aromatic heterocycles. The minimum Gasteiger partial charge on any atom is -0.394 e. The molecule has 16 heavy (non-hydrogen) atoms. The highest BCUT2D eigenvalue weighted by Crippen LogP contribution is 2.18. The first kappa shape index (κ1) is 12.7. The number of nitrogens with one attached hydrogen (secondary N) is 1. The summed E-state index contributed by atoms with van der Waals surface area (Å²) in [6.07, 6.45) is 2.14. The molecular formula is C10H18N4O2. The van der Waals surface area contributed by atoms with E-state index in [1.165, 1.54) is 6.33 Å². The van der Waals surface area contributed by atoms with Gasteiger partial charge in [0.1, 0.15) is 18.0 Å². The van der Waals surface area contributed by atoms with Gasteiger partial charge in [-0.05, 0) is 6.42 Å². The van der Waals surface area contributed by atoms with Crippen LogP contribution in [0, 0.1) is 0 Å². The molecule has 1 aromatic rings. The van der Waals surface area contributed by atoms with E-state index < -0.39 is 0 Å². The molecule has 0 amide bonds. The SMILES string of the molecule is CCc1c(N)ncnc1NC(CO)COC. The van der Waals surface area contributed by atoms with E-state index in [0.717, 1.165) is 12.0 Å². The lowest BCUT2D eigenvalue weighted by atomic mass is 10.2. The number of hydrogen-bond acceptors (Lipinski definition) is 6. The third-order valence-electron chi connectivity index (χ3n) is 2.26. The smallest absolute Gasteiger partial charge is 0.135 e. The van der Waals surface area contributed by atoms with Crippen molar-refractivity contribution in [3.05, 3.63) is 11.9 Å². The number of nitrogens with zero attached hydrogens (tertiary/aromatic N) is 2. The number of ether oxygens (including phenoxy) is 1. The fourth-order valence-electron chi connectivity index (χ4n) is 1.43. The van der Waals surface area contributed by atoms with E-state index >= 15 is 0 Å². The fourth-order valence-corrected chi connectivity index (χ4v) is 1.43. The quantitative estimate of drug-likeness (QED) is 0.634. The average molecular weight is 226 g/mol. The van der Waals surface area contributed by atoms with Crippen LogP contribution < -0.4 is 11.1 Å². The summed E-state index contributed by atoms with van der Waals surface area (Å²) in [7, 11) is 1.58. The Morgan fingerprint density at radius 1 is 1.56 bits per heavy atom. The van der Waals surface area contributed by atoms with Crippen molar-refractivity contribution in [2.75, 3.05) is 31.4 Å². The van der Waals surface area contributed by atoms with Crippen LogP contribution in [0.25, 0.3) is 0 Å². The molecule has 0 fully saturated rings. The molecule has 1 rings (SSSR count). The number of methoxy groups -OCH3 is 1. The monoisotopic (exact) mass is 226 g/mol. The van der Waals surface area contributed by atoms with Gasteiger partial charge in [-0.1, -0.05) is 6.92 Å². The molecule has 0 saturated carbocycles. The molecule has 0 aliphatic heterocycles. The molecule has 1 heterocycles. The highest BCUT2D eigenvalue weighted by atomic mass is 16.5. The van der Waals surface area contributed by atoms with Crippen molar-refractivity contribution in [2.45, 2.75) is 19.4 Å². The zero-order valence-corrected chi connectivity index (χ0v) is 9.60. The third kappa shape index (κ3) is 3.04. The first-order valence-corrected chi connectivity index (χ1v) is 5.18. The number of nitrogen functional groups attached to an aromatic ring is 1. The second-order valence-electron chi connectivity index (χ2n) is 3.42. The van der Waals surface area contributed by atoms with Gasteiger partial charge in [-0.3, -0.25) is 0 Å². The van der Waals surface area contributed by atoms with Gasteiger partial charge < -0.3 is 20.9 Å². The predicted molar refractivity (Wildman–Crippen MR) is 62.2 cm³/mol. The van der Waals surface area contributed by atoms with Crippen LogP contribution in [0.2, 0.25) is 0 Å². The zero-order chi connectivity index (χ0) is 12.0. The topological polar surface area (TPSA) is 93.3 Å². The summed E-state index contributed by atoms with van der Waals surface area (Å²) in [6, 6.07) is -0.190. The Morgan fingerprint density at radius 3 is 2.88 bits per heavy atom. The van der Waals surface area contributed by atoms with Crippen LogP contribution in [0.3, 0.4) is 0 Å². The Bertz CT molecular complexity index is 333. The Kier molecular flexibility index (Phi) is 4.94. The van der Waals surface area contributed by atoms with Gasteiger partial charge >= 0.3 is 0 Å². The fraction of sp³-hybridized carbons (Fsp3) is 0.600. The van der Waals surface area contributed by atoms with Gasteiger partial charge in [0.2, 0.25) is 0 Å². The van der Waals surface area contributed by atoms with Crippen molar-refractivity contribution >= 4 is 11.6 Å². The van der Waals surface area contributed by atoms with Gasteiger partial charge in [-0.25, -0.2) is 9.97 Å². The molecule has 0 aliphatic carbocycles. The van der Waals surface area contributed by atoms with Crippen molar-refractivity contribution in [1.82, 2.24) is 9.97 Å². The third-order valence-corrected chi connectivity index (χ3v) is 2.26. The number of nitrogens with two attached hydrogens (primary N) is 1. The van der Waals surface area contributed by atoms with E-state index in [2.05, 4.69) is 15.3 Å². The molecule has 1 atom stereocenters. The van der Waals surface area contributed by atoms with Crippen LogP contribution in [0.15, 0.2) is 6.33 Å². The maximum atomic E-state index is 9.13. The molecule has 6 heteroatoms. The first-order chi connectivity index (χ1) is 7.72. The molecule has 0 bridgehead atoms. The lowest BCUT2D eigenvalue weighted by Crippen LogP contribution is -2.30. The maximum Gasteiger partial charge on any atom is 0.135 e. The molecule has 90 valence electrons. The van der Waals surface area contributed by atoms with Crippen molar-refractivity contribution in [3.8, 4) is 0 Å². The van der Waals surface area contributed by atoms with E-state index in [-0.39, 0.29) is 12.6 Å². The molecule has 6 nitrogen and oxygen atoms in total. The van der Waals surface area contributed by atoms with E-state index in [1.54, 1.807) is 7.11 Å². The van der Waals surface area contributed by atoms with Gasteiger partial charge in [0.05, 0.1) is 19.3 Å². The molecule has 0 spiro atoms. The minimum atomic E-state index is -0.190. The molecule has 0 saturated heterocycles. The van der Waals surface area contributed by atoms with Gasteiger partial charge in [0.15, 0.2) is 0 Å². The summed E-state index contributed by atoms with van der Waals surface area (Å²) in [6.45, 7) is 2.36. The number of hydrogen-bond donors (Lipinski definition) is 3. The van der Waals surface area contributed by atoms with Crippen LogP contribution in [0.1, 0.15) is 12.5 Å². The first-order valence-electron chi connectivity index (χ1n) is 5.18. The molecular weight excluding hydrogens is 208 g/mol. The lowest BCUT2D eigenvalue weighted by molar-refractivity contribution is 0.153. The van der Waals surface area contributed by atoms with Crippen LogP contribution in [-0.4, -0.2) is 41.4 Å². The summed E-state index contributed by atoms with van der Waals surface area (Å²) < 4.78 is 4.97. The van der Waals surface area contributed by atoms with E-state index in [0.29, 0.717) is 18.2 Å². The van der Waals surface area contributed by atoms with Crippen molar-refractivity contribution in [1.29, 1.82) is 0 Å². The Labute approximate surface area is 94.9 Å². The van der Waals surface area contributed by atoms with Crippen LogP contribution in [0.4, 0.5) is 11.6 Å². The summed E-state index contributed by atoms with van der Waals surface area (Å²) in [5, 5.41) is 12.2. The Hall–Kier alpha value is -1.40. The molecule has 0 radical (unpaired) electrons. The largest absolute Gasteiger partial charge is 0.394 e. The van der Waals surface area contributed by atoms with Gasteiger partial charge in [-0.2, -0.15) is 0 Å². The van der Waals surface area contributed by atoms with Crippen LogP contribution >= 0.6 is 0 Å². The standard InChI is InChI=1S/C10H18N4O2/c1-3-8-9(11)12-6-13-10(8)14-7(4-15)5-16-2/h6-7,15H,3-5H2,1-2H3,(H3,11,12,13,14). The van der Waals surface area contributed by atoms with Crippen molar-refractivity contribution in [3.63, 3.8) is 0 Å². The molecule has 0 aliphatic rings. The van der Waals surface area contributed by atoms with Gasteiger partial charge in [-0.15, -0.1) is 0 Å². The Morgan fingerprint density at radius 2 is 2.31 bits per heavy atom. The highest BCUT2D eigenvalue weighted by molar-refractivity contribution is 5.55. The molecule has 4 N–H and O–H groups in total. The van der Waals surface area contributed by atoms with Gasteiger partial charge in [0, 0.05) is 12.7 Å². The summed E-state index contributed by atoms with van der Waals surface area (Å²) in [5.74, 6) is 1.13. The molecule has 1 unspecified atom stereocenters. The Balaban J connectivity index is 2.82. The highest BCUT2D eigenvalue weighted by Gasteiger charge is 2.12. The lowest BCUT2D eigenvalue weighted by Gasteiger charge is -2.18. The van der Waals surface area contributed by atoms with E-state index in [4.69, 9.17) is 15.6 Å². The number of anilines is 2. The number of aliphatic hydroxyl groups is 1. The van der Waals surface area contributed by atoms with E-state index in [9.17, 15) is 0 Å². The van der Waals surface area contributed by atoms with Crippen molar-refractivity contribution in [2.24, 2.45) is 0 Å². The normalized spacial score (nSPS) is 12.4. The van der Waals surface area contributed by atoms with Crippen LogP contribution in [-0.2, 0) is 11.2 Å². The summed E-state index contributed by atoms with van der Waals surface area (Å²) in [4.78, 5) is 8.03. The number of aliphatic hydroxyl groups excluding tert-OH is 1. The number of rotatable bonds is 6. The van der Waals surface area contributed by atoms with Crippen molar-refractivity contribution < 1.29 is 9.84 Å².